The summed E-state index contributed by atoms with van der Waals surface area (Å²) in [5.41, 5.74) is 0. The van der Waals surface area contributed by atoms with Crippen molar-refractivity contribution in [2.75, 3.05) is 26.4 Å². The van der Waals surface area contributed by atoms with Crippen molar-refractivity contribution in [3.8, 4) is 0 Å². The smallest absolute Gasteiger partial charge is 0.462 e. The van der Waals surface area contributed by atoms with Gasteiger partial charge in [0, 0.05) is 12.8 Å². The zero-order chi connectivity index (χ0) is 40.4. The summed E-state index contributed by atoms with van der Waals surface area (Å²) in [5, 5.41) is 18.3. The van der Waals surface area contributed by atoms with Crippen molar-refractivity contribution in [2.45, 2.75) is 193 Å². The van der Waals surface area contributed by atoms with Gasteiger partial charge < -0.3 is 29.3 Å². The Morgan fingerprint density at radius 3 is 1.93 bits per heavy atom. The Morgan fingerprint density at radius 2 is 1.27 bits per heavy atom. The number of allylic oxidation sites excluding steroid dienone is 4. The van der Waals surface area contributed by atoms with Crippen LogP contribution in [0.25, 0.3) is 0 Å². The van der Waals surface area contributed by atoms with E-state index in [9.17, 15) is 24.2 Å². The van der Waals surface area contributed by atoms with Gasteiger partial charge in [-0.2, -0.15) is 0 Å². The maximum atomic E-state index is 12.6. The molecule has 0 spiro atoms. The summed E-state index contributed by atoms with van der Waals surface area (Å²) < 4.78 is 38.4. The number of hydrogen-bond donors (Lipinski definition) is 3. The van der Waals surface area contributed by atoms with Gasteiger partial charge in [0.2, 0.25) is 0 Å². The minimum absolute atomic E-state index is 0.158. The quantitative estimate of drug-likeness (QED) is 0.0179. The van der Waals surface area contributed by atoms with Crippen molar-refractivity contribution in [3.63, 3.8) is 0 Å². The lowest BCUT2D eigenvalue weighted by Gasteiger charge is -2.20. The second-order valence-corrected chi connectivity index (χ2v) is 16.5. The van der Waals surface area contributed by atoms with E-state index < -0.39 is 51.8 Å². The molecule has 1 rings (SSSR count). The largest absolute Gasteiger partial charge is 0.472 e. The predicted octanol–water partition coefficient (Wildman–Crippen LogP) is 10.0. The molecule has 0 aromatic carbocycles. The van der Waals surface area contributed by atoms with E-state index in [0.29, 0.717) is 19.3 Å². The van der Waals surface area contributed by atoms with Gasteiger partial charge >= 0.3 is 19.8 Å². The molecule has 0 radical (unpaired) electrons. The number of phosphoric ester groups is 1. The van der Waals surface area contributed by atoms with E-state index in [1.54, 1.807) is 0 Å². The first-order valence-corrected chi connectivity index (χ1v) is 23.0. The Balaban J connectivity index is 2.31. The molecule has 55 heavy (non-hydrogen) atoms. The highest BCUT2D eigenvalue weighted by molar-refractivity contribution is 7.47. The first-order chi connectivity index (χ1) is 26.6. The highest BCUT2D eigenvalue weighted by Gasteiger charge is 2.36. The zero-order valence-corrected chi connectivity index (χ0v) is 35.4. The van der Waals surface area contributed by atoms with Crippen LogP contribution in [-0.2, 0) is 37.4 Å². The second-order valence-electron chi connectivity index (χ2n) is 15.0. The van der Waals surface area contributed by atoms with E-state index in [1.165, 1.54) is 70.6 Å². The topological polar surface area (TPSA) is 161 Å². The lowest BCUT2D eigenvalue weighted by Crippen LogP contribution is -2.29. The van der Waals surface area contributed by atoms with Crippen LogP contribution in [0.15, 0.2) is 36.5 Å². The number of aliphatic hydroxyl groups is 2. The third-order valence-corrected chi connectivity index (χ3v) is 10.7. The SMILES string of the molecule is CCCCC/C=C\C/C=C\CC1OC1C/C=C\CCCC(=O)OC[C@H](COP(=O)(O)OC[C@@H](O)CO)OC(=O)CCCCCCCCCCCCC(C)CC. The van der Waals surface area contributed by atoms with Crippen LogP contribution in [0.3, 0.4) is 0 Å². The summed E-state index contributed by atoms with van der Waals surface area (Å²) in [6, 6.07) is 0. The number of unbranched alkanes of at least 4 members (excludes halogenated alkanes) is 13. The van der Waals surface area contributed by atoms with Gasteiger partial charge in [0.05, 0.1) is 32.0 Å². The van der Waals surface area contributed by atoms with E-state index in [1.807, 2.05) is 6.08 Å². The molecule has 1 heterocycles. The Bertz CT molecular complexity index is 1090. The molecule has 12 heteroatoms. The van der Waals surface area contributed by atoms with E-state index >= 15 is 0 Å². The molecule has 3 N–H and O–H groups in total. The molecule has 1 fully saturated rings. The Morgan fingerprint density at radius 1 is 0.709 bits per heavy atom. The number of epoxide rings is 1. The molecule has 0 saturated carbocycles. The first kappa shape index (κ1) is 51.2. The maximum absolute atomic E-state index is 12.6. The fraction of sp³-hybridized carbons (Fsp3) is 0.814. The molecule has 1 aliphatic heterocycles. The molecular formula is C43H77O11P. The molecule has 0 aromatic heterocycles. The van der Waals surface area contributed by atoms with Gasteiger partial charge in [-0.25, -0.2) is 4.57 Å². The van der Waals surface area contributed by atoms with E-state index in [4.69, 9.17) is 23.8 Å². The lowest BCUT2D eigenvalue weighted by atomic mass is 9.99. The summed E-state index contributed by atoms with van der Waals surface area (Å²) in [5.74, 6) is -0.166. The van der Waals surface area contributed by atoms with Crippen molar-refractivity contribution < 1.29 is 52.5 Å². The van der Waals surface area contributed by atoms with Gasteiger partial charge in [-0.05, 0) is 57.3 Å². The number of carbonyl (C=O) groups excluding carboxylic acids is 2. The van der Waals surface area contributed by atoms with Crippen LogP contribution in [0, 0.1) is 5.92 Å². The van der Waals surface area contributed by atoms with E-state index in [2.05, 4.69) is 55.7 Å². The van der Waals surface area contributed by atoms with Gasteiger partial charge in [-0.3, -0.25) is 18.6 Å². The van der Waals surface area contributed by atoms with E-state index in [0.717, 1.165) is 50.9 Å². The highest BCUT2D eigenvalue weighted by atomic mass is 31.2. The molecule has 0 aliphatic carbocycles. The Labute approximate surface area is 333 Å². The number of phosphoric acid groups is 1. The Kier molecular flexibility index (Phi) is 31.8. The normalized spacial score (nSPS) is 18.5. The van der Waals surface area contributed by atoms with Crippen LogP contribution in [-0.4, -0.2) is 77.9 Å². The monoisotopic (exact) mass is 801 g/mol. The fourth-order valence-corrected chi connectivity index (χ4v) is 6.67. The van der Waals surface area contributed by atoms with Crippen molar-refractivity contribution in [1.29, 1.82) is 0 Å². The number of esters is 2. The molecule has 1 aliphatic rings. The van der Waals surface area contributed by atoms with Gasteiger partial charge in [0.25, 0.3) is 0 Å². The van der Waals surface area contributed by atoms with Gasteiger partial charge in [-0.1, -0.05) is 141 Å². The molecule has 320 valence electrons. The number of carbonyl (C=O) groups is 2. The summed E-state index contributed by atoms with van der Waals surface area (Å²) in [4.78, 5) is 35.0. The van der Waals surface area contributed by atoms with Crippen LogP contribution in [0.4, 0.5) is 0 Å². The predicted molar refractivity (Wildman–Crippen MR) is 218 cm³/mol. The standard InChI is InChI=1S/C43H77O11P/c1-4-6-7-8-9-12-16-19-24-29-40-41(54-40)30-25-21-22-26-31-42(46)50-35-39(36-52-55(48,49)51-34-38(45)33-44)53-43(47)32-27-20-17-14-11-10-13-15-18-23-28-37(3)5-2/h9,12,19,21,24-25,37-41,44-45H,4-8,10-11,13-18,20,22-23,26-36H2,1-3H3,(H,48,49)/b12-9-,24-19-,25-21-/t37?,38-,39+,40?,41?/m0/s1. The third-order valence-electron chi connectivity index (χ3n) is 9.74. The summed E-state index contributed by atoms with van der Waals surface area (Å²) in [7, 11) is -4.63. The van der Waals surface area contributed by atoms with Crippen molar-refractivity contribution in [2.24, 2.45) is 5.92 Å². The summed E-state index contributed by atoms with van der Waals surface area (Å²) >= 11 is 0. The van der Waals surface area contributed by atoms with Crippen molar-refractivity contribution in [3.05, 3.63) is 36.5 Å². The summed E-state index contributed by atoms with van der Waals surface area (Å²) in [6.07, 6.45) is 34.2. The first-order valence-electron chi connectivity index (χ1n) is 21.5. The average molecular weight is 801 g/mol. The fourth-order valence-electron chi connectivity index (χ4n) is 5.88. The molecule has 6 atom stereocenters. The minimum atomic E-state index is -4.63. The number of ether oxygens (including phenoxy) is 3. The van der Waals surface area contributed by atoms with Gasteiger partial charge in [0.1, 0.15) is 12.7 Å². The highest BCUT2D eigenvalue weighted by Crippen LogP contribution is 2.43. The van der Waals surface area contributed by atoms with Crippen LogP contribution in [0.5, 0.6) is 0 Å². The van der Waals surface area contributed by atoms with Crippen molar-refractivity contribution >= 4 is 19.8 Å². The van der Waals surface area contributed by atoms with Crippen LogP contribution < -0.4 is 0 Å². The van der Waals surface area contributed by atoms with Crippen LogP contribution >= 0.6 is 7.82 Å². The molecular weight excluding hydrogens is 723 g/mol. The molecule has 4 unspecified atom stereocenters. The van der Waals surface area contributed by atoms with Crippen molar-refractivity contribution in [1.82, 2.24) is 0 Å². The third kappa shape index (κ3) is 31.9. The molecule has 0 bridgehead atoms. The number of aliphatic hydroxyl groups excluding tert-OH is 2. The van der Waals surface area contributed by atoms with Crippen LogP contribution in [0.1, 0.15) is 168 Å². The lowest BCUT2D eigenvalue weighted by molar-refractivity contribution is -0.161. The second kappa shape index (κ2) is 34.2. The van der Waals surface area contributed by atoms with Crippen LogP contribution in [0.2, 0.25) is 0 Å². The molecule has 0 amide bonds. The van der Waals surface area contributed by atoms with E-state index in [-0.39, 0.29) is 31.7 Å². The van der Waals surface area contributed by atoms with Gasteiger partial charge in [-0.15, -0.1) is 0 Å². The molecule has 11 nitrogen and oxygen atoms in total. The minimum Gasteiger partial charge on any atom is -0.462 e. The Hall–Kier alpha value is -1.85. The van der Waals surface area contributed by atoms with Gasteiger partial charge in [0.15, 0.2) is 6.10 Å². The summed E-state index contributed by atoms with van der Waals surface area (Å²) in [6.45, 7) is 4.61. The maximum Gasteiger partial charge on any atom is 0.472 e. The number of rotatable bonds is 38. The number of hydrogen-bond acceptors (Lipinski definition) is 10. The molecule has 1 saturated heterocycles. The average Bonchev–Trinajstić information content (AvgIpc) is 3.93. The molecule has 0 aromatic rings. The zero-order valence-electron chi connectivity index (χ0n) is 34.5.